The highest BCUT2D eigenvalue weighted by molar-refractivity contribution is 5.96. The normalized spacial score (nSPS) is 10.6. The molecule has 0 amide bonds. The second-order valence-corrected chi connectivity index (χ2v) is 3.06. The van der Waals surface area contributed by atoms with E-state index in [1.54, 1.807) is 0 Å². The van der Waals surface area contributed by atoms with Crippen LogP contribution in [0.15, 0.2) is 12.1 Å². The molecule has 0 aliphatic rings. The van der Waals surface area contributed by atoms with Crippen molar-refractivity contribution in [1.82, 2.24) is 0 Å². The zero-order valence-electron chi connectivity index (χ0n) is 7.84. The smallest absolute Gasteiger partial charge is 0.264 e. The number of hydrogen-bond acceptors (Lipinski definition) is 2. The Morgan fingerprint density at radius 1 is 1.43 bits per heavy atom. The molecular formula is C10H10F2O2. The maximum Gasteiger partial charge on any atom is 0.264 e. The van der Waals surface area contributed by atoms with Gasteiger partial charge in [-0.05, 0) is 31.5 Å². The molecule has 0 bridgehead atoms. The van der Waals surface area contributed by atoms with Gasteiger partial charge in [-0.25, -0.2) is 8.78 Å². The molecule has 0 atom stereocenters. The number of phenols is 1. The molecule has 0 radical (unpaired) electrons. The van der Waals surface area contributed by atoms with Crippen LogP contribution in [0.2, 0.25) is 0 Å². The molecule has 0 fully saturated rings. The van der Waals surface area contributed by atoms with Gasteiger partial charge in [-0.1, -0.05) is 0 Å². The summed E-state index contributed by atoms with van der Waals surface area (Å²) < 4.78 is 24.9. The zero-order valence-corrected chi connectivity index (χ0v) is 7.84. The number of phenolic OH excluding ortho intramolecular Hbond substituents is 1. The molecule has 14 heavy (non-hydrogen) atoms. The fourth-order valence-electron chi connectivity index (χ4n) is 1.31. The van der Waals surface area contributed by atoms with Gasteiger partial charge in [0.25, 0.3) is 6.43 Å². The number of aromatic hydroxyl groups is 1. The van der Waals surface area contributed by atoms with E-state index in [2.05, 4.69) is 0 Å². The molecule has 1 rings (SSSR count). The molecule has 0 aliphatic heterocycles. The monoisotopic (exact) mass is 200 g/mol. The lowest BCUT2D eigenvalue weighted by atomic mass is 9.99. The Balaban J connectivity index is 3.40. The summed E-state index contributed by atoms with van der Waals surface area (Å²) in [5.74, 6) is -0.642. The van der Waals surface area contributed by atoms with Gasteiger partial charge >= 0.3 is 0 Å². The van der Waals surface area contributed by atoms with E-state index in [1.807, 2.05) is 0 Å². The van der Waals surface area contributed by atoms with Gasteiger partial charge in [-0.15, -0.1) is 0 Å². The van der Waals surface area contributed by atoms with E-state index in [-0.39, 0.29) is 28.2 Å². The molecule has 0 heterocycles. The predicted molar refractivity (Wildman–Crippen MR) is 47.8 cm³/mol. The predicted octanol–water partition coefficient (Wildman–Crippen LogP) is 2.84. The summed E-state index contributed by atoms with van der Waals surface area (Å²) in [4.78, 5) is 11.0. The molecular weight excluding hydrogens is 190 g/mol. The quantitative estimate of drug-likeness (QED) is 0.745. The fraction of sp³-hybridized carbons (Fsp3) is 0.300. The Hall–Kier alpha value is -1.45. The van der Waals surface area contributed by atoms with Crippen LogP contribution in [0, 0.1) is 6.92 Å². The third kappa shape index (κ3) is 1.89. The van der Waals surface area contributed by atoms with Crippen LogP contribution in [-0.2, 0) is 0 Å². The maximum absolute atomic E-state index is 12.4. The van der Waals surface area contributed by atoms with E-state index in [4.69, 9.17) is 5.11 Å². The molecule has 0 saturated heterocycles. The Labute approximate surface area is 80.2 Å². The minimum atomic E-state index is -2.68. The minimum absolute atomic E-state index is 0.139. The summed E-state index contributed by atoms with van der Waals surface area (Å²) in [6, 6.07) is 2.18. The van der Waals surface area contributed by atoms with Gasteiger partial charge < -0.3 is 5.11 Å². The molecule has 1 N–H and O–H groups in total. The Kier molecular flexibility index (Phi) is 2.84. The number of carbonyl (C=O) groups is 1. The van der Waals surface area contributed by atoms with Gasteiger partial charge in [0, 0.05) is 11.1 Å². The van der Waals surface area contributed by atoms with E-state index in [0.717, 1.165) is 6.07 Å². The van der Waals surface area contributed by atoms with Crippen molar-refractivity contribution in [3.05, 3.63) is 28.8 Å². The van der Waals surface area contributed by atoms with Crippen LogP contribution in [-0.4, -0.2) is 10.9 Å². The van der Waals surface area contributed by atoms with Crippen LogP contribution in [0.5, 0.6) is 5.75 Å². The van der Waals surface area contributed by atoms with Crippen LogP contribution >= 0.6 is 0 Å². The van der Waals surface area contributed by atoms with Crippen molar-refractivity contribution in [3.8, 4) is 5.75 Å². The number of carbonyl (C=O) groups excluding carboxylic acids is 1. The molecule has 0 aromatic heterocycles. The SMILES string of the molecule is CC(=O)c1cc(O)cc(C(F)F)c1C. The van der Waals surface area contributed by atoms with Crippen molar-refractivity contribution < 1.29 is 18.7 Å². The van der Waals surface area contributed by atoms with Crippen LogP contribution < -0.4 is 0 Å². The molecule has 4 heteroatoms. The lowest BCUT2D eigenvalue weighted by Gasteiger charge is -2.09. The second-order valence-electron chi connectivity index (χ2n) is 3.06. The maximum atomic E-state index is 12.4. The van der Waals surface area contributed by atoms with E-state index in [0.29, 0.717) is 0 Å². The molecule has 0 saturated carbocycles. The highest BCUT2D eigenvalue weighted by Crippen LogP contribution is 2.29. The van der Waals surface area contributed by atoms with Crippen LogP contribution in [0.1, 0.15) is 34.8 Å². The molecule has 2 nitrogen and oxygen atoms in total. The second kappa shape index (κ2) is 3.74. The summed E-state index contributed by atoms with van der Waals surface area (Å²) >= 11 is 0. The van der Waals surface area contributed by atoms with E-state index < -0.39 is 6.43 Å². The van der Waals surface area contributed by atoms with Crippen molar-refractivity contribution in [2.24, 2.45) is 0 Å². The first kappa shape index (κ1) is 10.6. The summed E-state index contributed by atoms with van der Waals surface area (Å²) in [5, 5.41) is 9.13. The lowest BCUT2D eigenvalue weighted by Crippen LogP contribution is -2.00. The lowest BCUT2D eigenvalue weighted by molar-refractivity contribution is 0.101. The number of ketones is 1. The van der Waals surface area contributed by atoms with E-state index in [1.165, 1.54) is 19.9 Å². The first-order valence-corrected chi connectivity index (χ1v) is 4.06. The number of halogens is 2. The molecule has 0 aliphatic carbocycles. The zero-order chi connectivity index (χ0) is 10.9. The third-order valence-electron chi connectivity index (χ3n) is 2.05. The van der Waals surface area contributed by atoms with Gasteiger partial charge in [0.15, 0.2) is 5.78 Å². The van der Waals surface area contributed by atoms with Crippen molar-refractivity contribution in [2.75, 3.05) is 0 Å². The average molecular weight is 200 g/mol. The number of Topliss-reactive ketones (excluding diaryl/α,β-unsaturated/α-hetero) is 1. The summed E-state index contributed by atoms with van der Waals surface area (Å²) in [7, 11) is 0. The van der Waals surface area contributed by atoms with Gasteiger partial charge in [0.1, 0.15) is 5.75 Å². The minimum Gasteiger partial charge on any atom is -0.508 e. The number of hydrogen-bond donors (Lipinski definition) is 1. The summed E-state index contributed by atoms with van der Waals surface area (Å²) in [6.45, 7) is 2.72. The Bertz CT molecular complexity index is 373. The third-order valence-corrected chi connectivity index (χ3v) is 2.05. The first-order chi connectivity index (χ1) is 6.43. The average Bonchev–Trinajstić information content (AvgIpc) is 2.07. The largest absolute Gasteiger partial charge is 0.508 e. The number of benzene rings is 1. The van der Waals surface area contributed by atoms with Crippen LogP contribution in [0.25, 0.3) is 0 Å². The highest BCUT2D eigenvalue weighted by atomic mass is 19.3. The van der Waals surface area contributed by atoms with Gasteiger partial charge in [-0.3, -0.25) is 4.79 Å². The van der Waals surface area contributed by atoms with Crippen molar-refractivity contribution in [3.63, 3.8) is 0 Å². The van der Waals surface area contributed by atoms with Crippen molar-refractivity contribution in [2.45, 2.75) is 20.3 Å². The Morgan fingerprint density at radius 2 is 2.00 bits per heavy atom. The topological polar surface area (TPSA) is 37.3 Å². The fourth-order valence-corrected chi connectivity index (χ4v) is 1.31. The number of alkyl halides is 2. The van der Waals surface area contributed by atoms with Gasteiger partial charge in [0.05, 0.1) is 0 Å². The molecule has 0 spiro atoms. The molecule has 76 valence electrons. The van der Waals surface area contributed by atoms with Crippen LogP contribution in [0.4, 0.5) is 8.78 Å². The number of rotatable bonds is 2. The van der Waals surface area contributed by atoms with Gasteiger partial charge in [0.2, 0.25) is 0 Å². The van der Waals surface area contributed by atoms with Crippen molar-refractivity contribution >= 4 is 5.78 Å². The first-order valence-electron chi connectivity index (χ1n) is 4.06. The van der Waals surface area contributed by atoms with Gasteiger partial charge in [-0.2, -0.15) is 0 Å². The highest BCUT2D eigenvalue weighted by Gasteiger charge is 2.16. The van der Waals surface area contributed by atoms with Crippen molar-refractivity contribution in [1.29, 1.82) is 0 Å². The summed E-state index contributed by atoms with van der Waals surface area (Å²) in [6.07, 6.45) is -2.68. The van der Waals surface area contributed by atoms with Crippen LogP contribution in [0.3, 0.4) is 0 Å². The Morgan fingerprint density at radius 3 is 2.43 bits per heavy atom. The standard InChI is InChI=1S/C10H10F2O2/c1-5-8(6(2)13)3-7(14)4-9(5)10(11)12/h3-4,10,14H,1-2H3. The van der Waals surface area contributed by atoms with E-state index >= 15 is 0 Å². The summed E-state index contributed by atoms with van der Waals surface area (Å²) in [5.41, 5.74) is 0.0702. The molecule has 1 aromatic carbocycles. The molecule has 0 unspecified atom stereocenters. The molecule has 1 aromatic rings. The van der Waals surface area contributed by atoms with E-state index in [9.17, 15) is 13.6 Å².